The highest BCUT2D eigenvalue weighted by atomic mass is 15.2. The Bertz CT molecular complexity index is 369. The Kier molecular flexibility index (Phi) is 5.41. The van der Waals surface area contributed by atoms with E-state index in [1.165, 1.54) is 30.6 Å². The summed E-state index contributed by atoms with van der Waals surface area (Å²) in [5, 5.41) is 3.61. The molecule has 0 saturated carbocycles. The summed E-state index contributed by atoms with van der Waals surface area (Å²) in [4.78, 5) is 2.59. The van der Waals surface area contributed by atoms with Crippen LogP contribution in [-0.4, -0.2) is 30.6 Å². The number of rotatable bonds is 6. The van der Waals surface area contributed by atoms with Crippen molar-refractivity contribution in [3.63, 3.8) is 0 Å². The Labute approximate surface area is 118 Å². The molecule has 1 aliphatic rings. The molecule has 0 amide bonds. The highest BCUT2D eigenvalue weighted by Crippen LogP contribution is 2.17. The lowest BCUT2D eigenvalue weighted by Gasteiger charge is -2.20. The third-order valence-corrected chi connectivity index (χ3v) is 4.24. The van der Waals surface area contributed by atoms with Crippen LogP contribution >= 0.6 is 0 Å². The van der Waals surface area contributed by atoms with E-state index < -0.39 is 0 Å². The molecule has 19 heavy (non-hydrogen) atoms. The first-order valence-electron chi connectivity index (χ1n) is 7.71. The van der Waals surface area contributed by atoms with Gasteiger partial charge in [-0.25, -0.2) is 0 Å². The summed E-state index contributed by atoms with van der Waals surface area (Å²) in [6.07, 6.45) is 2.47. The van der Waals surface area contributed by atoms with Crippen molar-refractivity contribution in [2.24, 2.45) is 5.92 Å². The Balaban J connectivity index is 1.69. The lowest BCUT2D eigenvalue weighted by atomic mass is 10.1. The number of nitrogens with one attached hydrogen (secondary N) is 1. The predicted molar refractivity (Wildman–Crippen MR) is 82.3 cm³/mol. The number of hydrogen-bond acceptors (Lipinski definition) is 2. The van der Waals surface area contributed by atoms with Crippen molar-refractivity contribution in [2.75, 3.05) is 19.6 Å². The molecule has 1 aromatic rings. The van der Waals surface area contributed by atoms with E-state index in [1.807, 2.05) is 0 Å². The fourth-order valence-electron chi connectivity index (χ4n) is 2.81. The summed E-state index contributed by atoms with van der Waals surface area (Å²) in [6.45, 7) is 11.5. The van der Waals surface area contributed by atoms with E-state index in [2.05, 4.69) is 55.3 Å². The average Bonchev–Trinajstić information content (AvgIpc) is 2.89. The van der Waals surface area contributed by atoms with Crippen LogP contribution in [0.1, 0.15) is 38.3 Å². The molecule has 1 aromatic carbocycles. The van der Waals surface area contributed by atoms with Gasteiger partial charge in [-0.3, -0.25) is 0 Å². The van der Waals surface area contributed by atoms with Gasteiger partial charge in [-0.1, -0.05) is 31.2 Å². The van der Waals surface area contributed by atoms with Gasteiger partial charge < -0.3 is 10.2 Å². The Morgan fingerprint density at radius 3 is 2.47 bits per heavy atom. The van der Waals surface area contributed by atoms with Crippen LogP contribution in [0.2, 0.25) is 0 Å². The molecule has 1 atom stereocenters. The number of benzene rings is 1. The van der Waals surface area contributed by atoms with Crippen molar-refractivity contribution in [1.82, 2.24) is 10.2 Å². The summed E-state index contributed by atoms with van der Waals surface area (Å²) < 4.78 is 0. The van der Waals surface area contributed by atoms with Crippen LogP contribution in [0.4, 0.5) is 0 Å². The van der Waals surface area contributed by atoms with Gasteiger partial charge in [0.05, 0.1) is 0 Å². The van der Waals surface area contributed by atoms with Crippen molar-refractivity contribution in [2.45, 2.75) is 46.2 Å². The van der Waals surface area contributed by atoms with Gasteiger partial charge in [0.2, 0.25) is 0 Å². The van der Waals surface area contributed by atoms with Gasteiger partial charge in [0.25, 0.3) is 0 Å². The van der Waals surface area contributed by atoms with Gasteiger partial charge in [0, 0.05) is 19.1 Å². The first-order valence-corrected chi connectivity index (χ1v) is 7.71. The van der Waals surface area contributed by atoms with Gasteiger partial charge in [-0.05, 0) is 56.8 Å². The molecule has 2 rings (SSSR count). The lowest BCUT2D eigenvalue weighted by Crippen LogP contribution is -2.30. The van der Waals surface area contributed by atoms with Gasteiger partial charge in [-0.2, -0.15) is 0 Å². The molecule has 106 valence electrons. The second-order valence-electron chi connectivity index (χ2n) is 6.04. The van der Waals surface area contributed by atoms with Crippen molar-refractivity contribution < 1.29 is 0 Å². The fraction of sp³-hybridized carbons (Fsp3) is 0.647. The second kappa shape index (κ2) is 7.06. The minimum Gasteiger partial charge on any atom is -0.312 e. The highest BCUT2D eigenvalue weighted by Gasteiger charge is 2.23. The number of hydrogen-bond donors (Lipinski definition) is 1. The molecule has 0 aliphatic carbocycles. The summed E-state index contributed by atoms with van der Waals surface area (Å²) in [7, 11) is 0. The molecule has 1 N–H and O–H groups in total. The van der Waals surface area contributed by atoms with Crippen molar-refractivity contribution in [3.8, 4) is 0 Å². The number of nitrogens with zero attached hydrogens (tertiary/aromatic N) is 1. The zero-order valence-electron chi connectivity index (χ0n) is 12.7. The first-order chi connectivity index (χ1) is 9.19. The zero-order chi connectivity index (χ0) is 13.7. The van der Waals surface area contributed by atoms with Gasteiger partial charge in [0.1, 0.15) is 0 Å². The van der Waals surface area contributed by atoms with Crippen LogP contribution in [0.3, 0.4) is 0 Å². The van der Waals surface area contributed by atoms with E-state index in [0.29, 0.717) is 6.04 Å². The normalized spacial score (nSPS) is 20.3. The quantitative estimate of drug-likeness (QED) is 0.845. The van der Waals surface area contributed by atoms with E-state index >= 15 is 0 Å². The van der Waals surface area contributed by atoms with Crippen LogP contribution in [0.15, 0.2) is 24.3 Å². The van der Waals surface area contributed by atoms with Crippen molar-refractivity contribution in [3.05, 3.63) is 35.4 Å². The molecule has 1 saturated heterocycles. The summed E-state index contributed by atoms with van der Waals surface area (Å²) in [5.74, 6) is 0.831. The fourth-order valence-corrected chi connectivity index (χ4v) is 2.81. The summed E-state index contributed by atoms with van der Waals surface area (Å²) >= 11 is 0. The molecule has 1 aliphatic heterocycles. The van der Waals surface area contributed by atoms with E-state index in [-0.39, 0.29) is 0 Å². The van der Waals surface area contributed by atoms with Crippen molar-refractivity contribution in [1.29, 1.82) is 0 Å². The van der Waals surface area contributed by atoms with E-state index in [4.69, 9.17) is 0 Å². The maximum atomic E-state index is 3.61. The monoisotopic (exact) mass is 260 g/mol. The average molecular weight is 260 g/mol. The topological polar surface area (TPSA) is 15.3 Å². The summed E-state index contributed by atoms with van der Waals surface area (Å²) in [6, 6.07) is 9.69. The molecule has 0 spiro atoms. The molecule has 2 heteroatoms. The van der Waals surface area contributed by atoms with Crippen LogP contribution < -0.4 is 5.32 Å². The molecule has 0 radical (unpaired) electrons. The molecule has 0 bridgehead atoms. The lowest BCUT2D eigenvalue weighted by molar-refractivity contribution is 0.264. The summed E-state index contributed by atoms with van der Waals surface area (Å²) in [5.41, 5.74) is 2.82. The van der Waals surface area contributed by atoms with Crippen molar-refractivity contribution >= 4 is 0 Å². The molecule has 1 unspecified atom stereocenters. The Morgan fingerprint density at radius 1 is 1.21 bits per heavy atom. The maximum Gasteiger partial charge on any atom is 0.0205 e. The van der Waals surface area contributed by atoms with E-state index in [0.717, 1.165) is 25.4 Å². The molecule has 2 nitrogen and oxygen atoms in total. The SMILES string of the molecule is CCc1ccc(CNCC2CCN(C(C)C)C2)cc1. The molecule has 1 fully saturated rings. The van der Waals surface area contributed by atoms with E-state index in [9.17, 15) is 0 Å². The maximum absolute atomic E-state index is 3.61. The molecule has 0 aromatic heterocycles. The van der Waals surface area contributed by atoms with Crippen LogP contribution in [0.5, 0.6) is 0 Å². The molecular weight excluding hydrogens is 232 g/mol. The minimum atomic E-state index is 0.701. The Hall–Kier alpha value is -0.860. The minimum absolute atomic E-state index is 0.701. The molecule has 1 heterocycles. The zero-order valence-corrected chi connectivity index (χ0v) is 12.7. The third kappa shape index (κ3) is 4.32. The first kappa shape index (κ1) is 14.5. The molecular formula is C17H28N2. The Morgan fingerprint density at radius 2 is 1.89 bits per heavy atom. The largest absolute Gasteiger partial charge is 0.312 e. The second-order valence-corrected chi connectivity index (χ2v) is 6.04. The smallest absolute Gasteiger partial charge is 0.0205 e. The highest BCUT2D eigenvalue weighted by molar-refractivity contribution is 5.22. The van der Waals surface area contributed by atoms with Gasteiger partial charge in [-0.15, -0.1) is 0 Å². The number of likely N-dealkylation sites (tertiary alicyclic amines) is 1. The third-order valence-electron chi connectivity index (χ3n) is 4.24. The van der Waals surface area contributed by atoms with Crippen LogP contribution in [0, 0.1) is 5.92 Å². The van der Waals surface area contributed by atoms with E-state index in [1.54, 1.807) is 0 Å². The predicted octanol–water partition coefficient (Wildman–Crippen LogP) is 3.07. The van der Waals surface area contributed by atoms with Gasteiger partial charge in [0.15, 0.2) is 0 Å². The van der Waals surface area contributed by atoms with Gasteiger partial charge >= 0.3 is 0 Å². The number of aryl methyl sites for hydroxylation is 1. The van der Waals surface area contributed by atoms with Crippen LogP contribution in [-0.2, 0) is 13.0 Å². The van der Waals surface area contributed by atoms with Crippen LogP contribution in [0.25, 0.3) is 0 Å². The standard InChI is InChI=1S/C17H28N2/c1-4-15-5-7-16(8-6-15)11-18-12-17-9-10-19(13-17)14(2)3/h5-8,14,17-18H,4,9-13H2,1-3H3.